The number of sulfonamides is 1. The van der Waals surface area contributed by atoms with Crippen LogP contribution in [0.2, 0.25) is 0 Å². The second kappa shape index (κ2) is 5.18. The highest BCUT2D eigenvalue weighted by atomic mass is 32.2. The van der Waals surface area contributed by atoms with Gasteiger partial charge in [-0.05, 0) is 51.0 Å². The Labute approximate surface area is 109 Å². The van der Waals surface area contributed by atoms with E-state index in [-0.39, 0.29) is 0 Å². The van der Waals surface area contributed by atoms with Crippen LogP contribution in [0.3, 0.4) is 0 Å². The lowest BCUT2D eigenvalue weighted by molar-refractivity contribution is 0.593. The maximum Gasteiger partial charge on any atom is 0.235 e. The molecule has 18 heavy (non-hydrogen) atoms. The van der Waals surface area contributed by atoms with E-state index in [1.807, 2.05) is 24.3 Å². The monoisotopic (exact) mass is 268 g/mol. The lowest BCUT2D eigenvalue weighted by atomic mass is 10.2. The molecule has 2 rings (SSSR count). The quantitative estimate of drug-likeness (QED) is 0.912. The summed E-state index contributed by atoms with van der Waals surface area (Å²) < 4.78 is 26.0. The molecule has 1 aromatic carbocycles. The smallest absolute Gasteiger partial charge is 0.235 e. The molecule has 1 N–H and O–H groups in total. The van der Waals surface area contributed by atoms with Gasteiger partial charge >= 0.3 is 0 Å². The van der Waals surface area contributed by atoms with Gasteiger partial charge in [-0.2, -0.15) is 0 Å². The topological polar surface area (TPSA) is 49.4 Å². The predicted molar refractivity (Wildman–Crippen MR) is 75.6 cm³/mol. The van der Waals surface area contributed by atoms with Crippen molar-refractivity contribution >= 4 is 21.4 Å². The van der Waals surface area contributed by atoms with E-state index in [1.54, 1.807) is 13.8 Å². The fourth-order valence-electron chi connectivity index (χ4n) is 2.00. The Morgan fingerprint density at radius 2 is 1.67 bits per heavy atom. The van der Waals surface area contributed by atoms with Crippen molar-refractivity contribution in [3.05, 3.63) is 24.3 Å². The molecule has 100 valence electrons. The van der Waals surface area contributed by atoms with Gasteiger partial charge in [-0.3, -0.25) is 4.72 Å². The standard InChI is InChI=1S/C13H20N2O2S/c1-11(2)18(16,17)14-12-5-7-13(8-6-12)15-9-3-4-10-15/h5-8,11,14H,3-4,9-10H2,1-2H3. The fourth-order valence-corrected chi connectivity index (χ4v) is 2.70. The molecule has 0 aliphatic carbocycles. The number of benzene rings is 1. The molecule has 1 heterocycles. The Morgan fingerprint density at radius 3 is 2.17 bits per heavy atom. The zero-order valence-corrected chi connectivity index (χ0v) is 11.7. The molecule has 0 radical (unpaired) electrons. The van der Waals surface area contributed by atoms with Gasteiger partial charge in [0.25, 0.3) is 0 Å². The van der Waals surface area contributed by atoms with Crippen molar-refractivity contribution in [2.24, 2.45) is 0 Å². The zero-order chi connectivity index (χ0) is 13.2. The van der Waals surface area contributed by atoms with Crippen molar-refractivity contribution in [1.82, 2.24) is 0 Å². The van der Waals surface area contributed by atoms with Crippen LogP contribution in [-0.4, -0.2) is 26.8 Å². The Balaban J connectivity index is 2.08. The molecule has 0 saturated carbocycles. The number of nitrogens with zero attached hydrogens (tertiary/aromatic N) is 1. The third-order valence-corrected chi connectivity index (χ3v) is 4.98. The molecule has 4 nitrogen and oxygen atoms in total. The molecule has 1 aromatic rings. The molecule has 1 fully saturated rings. The van der Waals surface area contributed by atoms with Crippen molar-refractivity contribution in [3.8, 4) is 0 Å². The van der Waals surface area contributed by atoms with Crippen molar-refractivity contribution in [1.29, 1.82) is 0 Å². The first-order chi connectivity index (χ1) is 8.49. The van der Waals surface area contributed by atoms with E-state index >= 15 is 0 Å². The van der Waals surface area contributed by atoms with Crippen LogP contribution in [0.4, 0.5) is 11.4 Å². The first-order valence-electron chi connectivity index (χ1n) is 6.36. The van der Waals surface area contributed by atoms with Crippen LogP contribution < -0.4 is 9.62 Å². The second-order valence-electron chi connectivity index (χ2n) is 4.94. The molecule has 0 unspecified atom stereocenters. The summed E-state index contributed by atoms with van der Waals surface area (Å²) in [7, 11) is -3.25. The summed E-state index contributed by atoms with van der Waals surface area (Å²) in [6, 6.07) is 7.61. The summed E-state index contributed by atoms with van der Waals surface area (Å²) in [6.07, 6.45) is 2.48. The minimum Gasteiger partial charge on any atom is -0.372 e. The highest BCUT2D eigenvalue weighted by molar-refractivity contribution is 7.93. The Hall–Kier alpha value is -1.23. The van der Waals surface area contributed by atoms with E-state index in [2.05, 4.69) is 9.62 Å². The second-order valence-corrected chi connectivity index (χ2v) is 7.17. The van der Waals surface area contributed by atoms with Gasteiger partial charge in [0.1, 0.15) is 0 Å². The molecule has 1 saturated heterocycles. The highest BCUT2D eigenvalue weighted by Gasteiger charge is 2.16. The van der Waals surface area contributed by atoms with E-state index < -0.39 is 15.3 Å². The maximum atomic E-state index is 11.7. The number of rotatable bonds is 4. The number of anilines is 2. The average molecular weight is 268 g/mol. The number of hydrogen-bond acceptors (Lipinski definition) is 3. The van der Waals surface area contributed by atoms with Crippen molar-refractivity contribution < 1.29 is 8.42 Å². The average Bonchev–Trinajstić information content (AvgIpc) is 2.83. The molecule has 0 atom stereocenters. The molecule has 0 amide bonds. The van der Waals surface area contributed by atoms with E-state index in [0.717, 1.165) is 13.1 Å². The van der Waals surface area contributed by atoms with Crippen LogP contribution in [0, 0.1) is 0 Å². The van der Waals surface area contributed by atoms with E-state index in [4.69, 9.17) is 0 Å². The van der Waals surface area contributed by atoms with Gasteiger partial charge in [0.05, 0.1) is 5.25 Å². The molecule has 0 spiro atoms. The van der Waals surface area contributed by atoms with Crippen molar-refractivity contribution in [2.45, 2.75) is 31.9 Å². The Morgan fingerprint density at radius 1 is 1.11 bits per heavy atom. The lowest BCUT2D eigenvalue weighted by Gasteiger charge is -2.18. The fraction of sp³-hybridized carbons (Fsp3) is 0.538. The van der Waals surface area contributed by atoms with Gasteiger partial charge in [0.2, 0.25) is 10.0 Å². The van der Waals surface area contributed by atoms with Gasteiger partial charge in [-0.25, -0.2) is 8.42 Å². The van der Waals surface area contributed by atoms with E-state index in [9.17, 15) is 8.42 Å². The SMILES string of the molecule is CC(C)S(=O)(=O)Nc1ccc(N2CCCC2)cc1. The molecule has 1 aliphatic heterocycles. The highest BCUT2D eigenvalue weighted by Crippen LogP contribution is 2.22. The molecule has 0 bridgehead atoms. The van der Waals surface area contributed by atoms with Gasteiger partial charge in [-0.15, -0.1) is 0 Å². The number of hydrogen-bond donors (Lipinski definition) is 1. The van der Waals surface area contributed by atoms with Crippen LogP contribution in [0.15, 0.2) is 24.3 Å². The van der Waals surface area contributed by atoms with Gasteiger partial charge in [0, 0.05) is 24.5 Å². The van der Waals surface area contributed by atoms with Crippen LogP contribution in [-0.2, 0) is 10.0 Å². The minimum atomic E-state index is -3.25. The maximum absolute atomic E-state index is 11.7. The summed E-state index contributed by atoms with van der Waals surface area (Å²) in [5.41, 5.74) is 1.80. The van der Waals surface area contributed by atoms with Crippen molar-refractivity contribution in [2.75, 3.05) is 22.7 Å². The number of nitrogens with one attached hydrogen (secondary N) is 1. The summed E-state index contributed by atoms with van der Waals surface area (Å²) in [4.78, 5) is 2.32. The van der Waals surface area contributed by atoms with Crippen LogP contribution in [0.25, 0.3) is 0 Å². The third kappa shape index (κ3) is 2.96. The Kier molecular flexibility index (Phi) is 3.80. The predicted octanol–water partition coefficient (Wildman–Crippen LogP) is 2.44. The first kappa shape index (κ1) is 13.2. The van der Waals surface area contributed by atoms with Crippen LogP contribution in [0.1, 0.15) is 26.7 Å². The van der Waals surface area contributed by atoms with Gasteiger partial charge in [0.15, 0.2) is 0 Å². The Bertz CT molecular complexity index is 488. The normalized spacial score (nSPS) is 16.3. The summed E-state index contributed by atoms with van der Waals surface area (Å²) >= 11 is 0. The largest absolute Gasteiger partial charge is 0.372 e. The van der Waals surface area contributed by atoms with Gasteiger partial charge < -0.3 is 4.90 Å². The minimum absolute atomic E-state index is 0.421. The first-order valence-corrected chi connectivity index (χ1v) is 7.90. The molecular formula is C13H20N2O2S. The molecule has 5 heteroatoms. The molecular weight excluding hydrogens is 248 g/mol. The third-order valence-electron chi connectivity index (χ3n) is 3.22. The summed E-state index contributed by atoms with van der Waals surface area (Å²) in [5, 5.41) is -0.421. The van der Waals surface area contributed by atoms with Crippen LogP contribution >= 0.6 is 0 Å². The molecule has 1 aliphatic rings. The summed E-state index contributed by atoms with van der Waals surface area (Å²) in [6.45, 7) is 5.52. The molecule has 0 aromatic heterocycles. The van der Waals surface area contributed by atoms with Crippen LogP contribution in [0.5, 0.6) is 0 Å². The van der Waals surface area contributed by atoms with Gasteiger partial charge in [-0.1, -0.05) is 0 Å². The van der Waals surface area contributed by atoms with Crippen molar-refractivity contribution in [3.63, 3.8) is 0 Å². The lowest BCUT2D eigenvalue weighted by Crippen LogP contribution is -2.22. The summed E-state index contributed by atoms with van der Waals surface area (Å²) in [5.74, 6) is 0. The van der Waals surface area contributed by atoms with E-state index in [0.29, 0.717) is 5.69 Å². The van der Waals surface area contributed by atoms with E-state index in [1.165, 1.54) is 18.5 Å². The zero-order valence-electron chi connectivity index (χ0n) is 10.9.